The third-order valence-electron chi connectivity index (χ3n) is 4.16. The van der Waals surface area contributed by atoms with E-state index in [1.54, 1.807) is 0 Å². The lowest BCUT2D eigenvalue weighted by molar-refractivity contribution is -0.124. The van der Waals surface area contributed by atoms with Gasteiger partial charge >= 0.3 is 0 Å². The first-order valence-corrected chi connectivity index (χ1v) is 9.40. The molecule has 1 aliphatic carbocycles. The van der Waals surface area contributed by atoms with Gasteiger partial charge in [-0.05, 0) is 26.7 Å². The summed E-state index contributed by atoms with van der Waals surface area (Å²) in [5, 5.41) is 2.77. The molecule has 6 nitrogen and oxygen atoms in total. The maximum Gasteiger partial charge on any atom is 0.223 e. The lowest BCUT2D eigenvalue weighted by Gasteiger charge is -2.34. The average molecular weight is 318 g/mol. The zero-order valence-electron chi connectivity index (χ0n) is 12.9. The number of nitrogens with one attached hydrogen (secondary N) is 1. The number of carbonyl (C=O) groups is 1. The lowest BCUT2D eigenvalue weighted by atomic mass is 10.1. The van der Waals surface area contributed by atoms with E-state index in [0.717, 1.165) is 25.7 Å². The Hall–Kier alpha value is -0.660. The van der Waals surface area contributed by atoms with Crippen molar-refractivity contribution in [2.45, 2.75) is 51.7 Å². The summed E-state index contributed by atoms with van der Waals surface area (Å²) in [6.07, 6.45) is 3.88. The fourth-order valence-corrected chi connectivity index (χ4v) is 4.61. The van der Waals surface area contributed by atoms with E-state index in [-0.39, 0.29) is 36.3 Å². The Kier molecular flexibility index (Phi) is 5.62. The molecule has 122 valence electrons. The molecule has 1 aliphatic heterocycles. The molecule has 1 saturated carbocycles. The van der Waals surface area contributed by atoms with Gasteiger partial charge in [0.25, 0.3) is 0 Å². The molecule has 21 heavy (non-hydrogen) atoms. The monoisotopic (exact) mass is 318 g/mol. The Labute approximate surface area is 127 Å². The Morgan fingerprint density at radius 1 is 1.19 bits per heavy atom. The van der Waals surface area contributed by atoms with Crippen LogP contribution in [0.2, 0.25) is 0 Å². The highest BCUT2D eigenvalue weighted by Crippen LogP contribution is 2.24. The molecule has 0 spiro atoms. The number of ether oxygens (including phenoxy) is 1. The topological polar surface area (TPSA) is 75.7 Å². The van der Waals surface area contributed by atoms with Gasteiger partial charge in [0.2, 0.25) is 15.9 Å². The van der Waals surface area contributed by atoms with Crippen molar-refractivity contribution >= 4 is 15.9 Å². The molecule has 0 aromatic carbocycles. The summed E-state index contributed by atoms with van der Waals surface area (Å²) in [6.45, 7) is 4.73. The predicted octanol–water partition coefficient (Wildman–Crippen LogP) is 0.732. The van der Waals surface area contributed by atoms with Gasteiger partial charge in [-0.15, -0.1) is 0 Å². The first kappa shape index (κ1) is 16.7. The molecule has 1 amide bonds. The Bertz CT molecular complexity index is 450. The van der Waals surface area contributed by atoms with Crippen LogP contribution in [0.5, 0.6) is 0 Å². The molecule has 1 heterocycles. The Morgan fingerprint density at radius 2 is 1.76 bits per heavy atom. The summed E-state index contributed by atoms with van der Waals surface area (Å²) < 4.78 is 31.6. The van der Waals surface area contributed by atoms with Gasteiger partial charge in [-0.1, -0.05) is 12.8 Å². The fraction of sp³-hybridized carbons (Fsp3) is 0.929. The number of carbonyl (C=O) groups excluding carboxylic acids is 1. The highest BCUT2D eigenvalue weighted by molar-refractivity contribution is 7.89. The molecule has 0 bridgehead atoms. The summed E-state index contributed by atoms with van der Waals surface area (Å²) in [4.78, 5) is 11.9. The minimum atomic E-state index is -3.33. The molecule has 1 saturated heterocycles. The van der Waals surface area contributed by atoms with Crippen LogP contribution in [0.4, 0.5) is 0 Å². The van der Waals surface area contributed by atoms with Crippen molar-refractivity contribution in [1.82, 2.24) is 9.62 Å². The largest absolute Gasteiger partial charge is 0.373 e. The molecule has 2 fully saturated rings. The molecule has 1 N–H and O–H groups in total. The standard InChI is InChI=1S/C14H26N2O4S/c1-11-9-16(10-12(2)20-11)21(18,19)8-7-15-14(17)13-5-3-4-6-13/h11-13H,3-10H2,1-2H3,(H,15,17). The normalized spacial score (nSPS) is 28.7. The highest BCUT2D eigenvalue weighted by atomic mass is 32.2. The van der Waals surface area contributed by atoms with Crippen LogP contribution in [0.15, 0.2) is 0 Å². The smallest absolute Gasteiger partial charge is 0.223 e. The van der Waals surface area contributed by atoms with Crippen molar-refractivity contribution in [3.05, 3.63) is 0 Å². The van der Waals surface area contributed by atoms with E-state index in [1.165, 1.54) is 4.31 Å². The number of amides is 1. The second-order valence-corrected chi connectivity index (χ2v) is 8.25. The maximum atomic E-state index is 12.3. The van der Waals surface area contributed by atoms with Gasteiger partial charge in [0.15, 0.2) is 0 Å². The zero-order valence-corrected chi connectivity index (χ0v) is 13.7. The van der Waals surface area contributed by atoms with E-state index < -0.39 is 10.0 Å². The summed E-state index contributed by atoms with van der Waals surface area (Å²) in [5.74, 6) is 0.0489. The Balaban J connectivity index is 1.79. The molecule has 0 aromatic heterocycles. The van der Waals surface area contributed by atoms with Crippen LogP contribution in [-0.2, 0) is 19.6 Å². The van der Waals surface area contributed by atoms with E-state index >= 15 is 0 Å². The number of rotatable bonds is 5. The average Bonchev–Trinajstić information content (AvgIpc) is 2.91. The quantitative estimate of drug-likeness (QED) is 0.811. The van der Waals surface area contributed by atoms with Crippen LogP contribution < -0.4 is 5.32 Å². The first-order valence-electron chi connectivity index (χ1n) is 7.79. The second kappa shape index (κ2) is 7.07. The van der Waals surface area contributed by atoms with E-state index in [4.69, 9.17) is 4.74 Å². The molecule has 7 heteroatoms. The SMILES string of the molecule is CC1CN(S(=O)(=O)CCNC(=O)C2CCCC2)CC(C)O1. The van der Waals surface area contributed by atoms with Crippen LogP contribution in [0, 0.1) is 5.92 Å². The minimum Gasteiger partial charge on any atom is -0.373 e. The molecule has 0 radical (unpaired) electrons. The zero-order chi connectivity index (χ0) is 15.5. The third kappa shape index (κ3) is 4.66. The summed E-state index contributed by atoms with van der Waals surface area (Å²) >= 11 is 0. The summed E-state index contributed by atoms with van der Waals surface area (Å²) in [7, 11) is -3.33. The first-order chi connectivity index (χ1) is 9.88. The van der Waals surface area contributed by atoms with E-state index in [1.807, 2.05) is 13.8 Å². The van der Waals surface area contributed by atoms with Gasteiger partial charge < -0.3 is 10.1 Å². The molecule has 2 rings (SSSR count). The maximum absolute atomic E-state index is 12.3. The lowest BCUT2D eigenvalue weighted by Crippen LogP contribution is -2.49. The van der Waals surface area contributed by atoms with Crippen molar-refractivity contribution in [2.75, 3.05) is 25.4 Å². The van der Waals surface area contributed by atoms with Crippen molar-refractivity contribution in [2.24, 2.45) is 5.92 Å². The van der Waals surface area contributed by atoms with Crippen molar-refractivity contribution < 1.29 is 17.9 Å². The second-order valence-electron chi connectivity index (χ2n) is 6.16. The van der Waals surface area contributed by atoms with E-state index in [0.29, 0.717) is 13.1 Å². The molecule has 2 aliphatic rings. The van der Waals surface area contributed by atoms with Gasteiger partial charge in [-0.25, -0.2) is 8.42 Å². The number of hydrogen-bond donors (Lipinski definition) is 1. The van der Waals surface area contributed by atoms with E-state index in [9.17, 15) is 13.2 Å². The molecular formula is C14H26N2O4S. The van der Waals surface area contributed by atoms with Gasteiger partial charge in [0.1, 0.15) is 0 Å². The highest BCUT2D eigenvalue weighted by Gasteiger charge is 2.31. The van der Waals surface area contributed by atoms with Crippen molar-refractivity contribution in [1.29, 1.82) is 0 Å². The molecular weight excluding hydrogens is 292 g/mol. The van der Waals surface area contributed by atoms with Gasteiger partial charge in [0.05, 0.1) is 18.0 Å². The van der Waals surface area contributed by atoms with Crippen LogP contribution in [0.25, 0.3) is 0 Å². The van der Waals surface area contributed by atoms with Gasteiger partial charge in [0, 0.05) is 25.6 Å². The third-order valence-corrected chi connectivity index (χ3v) is 5.97. The van der Waals surface area contributed by atoms with Crippen LogP contribution in [0.1, 0.15) is 39.5 Å². The van der Waals surface area contributed by atoms with Crippen LogP contribution >= 0.6 is 0 Å². The number of nitrogens with zero attached hydrogens (tertiary/aromatic N) is 1. The minimum absolute atomic E-state index is 0.00594. The number of hydrogen-bond acceptors (Lipinski definition) is 4. The fourth-order valence-electron chi connectivity index (χ4n) is 3.12. The number of sulfonamides is 1. The predicted molar refractivity (Wildman–Crippen MR) is 80.3 cm³/mol. The molecule has 0 aromatic rings. The Morgan fingerprint density at radius 3 is 2.33 bits per heavy atom. The molecule has 2 unspecified atom stereocenters. The van der Waals surface area contributed by atoms with Crippen molar-refractivity contribution in [3.63, 3.8) is 0 Å². The number of morpholine rings is 1. The van der Waals surface area contributed by atoms with Gasteiger partial charge in [-0.2, -0.15) is 4.31 Å². The van der Waals surface area contributed by atoms with Crippen LogP contribution in [-0.4, -0.2) is 56.2 Å². The van der Waals surface area contributed by atoms with Crippen molar-refractivity contribution in [3.8, 4) is 0 Å². The van der Waals surface area contributed by atoms with Gasteiger partial charge in [-0.3, -0.25) is 4.79 Å². The summed E-state index contributed by atoms with van der Waals surface area (Å²) in [6, 6.07) is 0. The summed E-state index contributed by atoms with van der Waals surface area (Å²) in [5.41, 5.74) is 0. The molecule has 2 atom stereocenters. The van der Waals surface area contributed by atoms with E-state index in [2.05, 4.69) is 5.32 Å². The van der Waals surface area contributed by atoms with Crippen LogP contribution in [0.3, 0.4) is 0 Å².